The molecule has 0 saturated carbocycles. The summed E-state index contributed by atoms with van der Waals surface area (Å²) in [7, 11) is 0. The zero-order chi connectivity index (χ0) is 18.5. The summed E-state index contributed by atoms with van der Waals surface area (Å²) >= 11 is 0. The number of anilines is 1. The minimum atomic E-state index is -0.176. The number of ether oxygens (including phenoxy) is 1. The van der Waals surface area contributed by atoms with Crippen LogP contribution in [-0.4, -0.2) is 12.5 Å². The Kier molecular flexibility index (Phi) is 5.31. The molecule has 4 rings (SSSR count). The Morgan fingerprint density at radius 3 is 2.33 bits per heavy atom. The predicted molar refractivity (Wildman–Crippen MR) is 108 cm³/mol. The molecule has 3 nitrogen and oxygen atoms in total. The fourth-order valence-corrected chi connectivity index (χ4v) is 3.61. The maximum Gasteiger partial charge on any atom is 0.230 e. The molecule has 1 amide bonds. The van der Waals surface area contributed by atoms with Gasteiger partial charge in [0.1, 0.15) is 0 Å². The molecule has 3 aromatic rings. The second-order valence-electron chi connectivity index (χ2n) is 6.81. The van der Waals surface area contributed by atoms with Crippen LogP contribution in [0.1, 0.15) is 29.2 Å². The highest BCUT2D eigenvalue weighted by Gasteiger charge is 2.26. The van der Waals surface area contributed by atoms with E-state index < -0.39 is 0 Å². The minimum Gasteiger partial charge on any atom is -0.373 e. The normalized spacial score (nSPS) is 15.8. The quantitative estimate of drug-likeness (QED) is 0.648. The number of carbonyl (C=O) groups excluding carboxylic acids is 1. The smallest absolute Gasteiger partial charge is 0.230 e. The summed E-state index contributed by atoms with van der Waals surface area (Å²) in [6.07, 6.45) is 1.08. The molecular formula is C24H23NO2. The van der Waals surface area contributed by atoms with E-state index in [1.54, 1.807) is 0 Å². The van der Waals surface area contributed by atoms with Crippen LogP contribution in [0.4, 0.5) is 5.69 Å². The van der Waals surface area contributed by atoms with Crippen molar-refractivity contribution in [3.8, 4) is 0 Å². The fraction of sp³-hybridized carbons (Fsp3) is 0.208. The van der Waals surface area contributed by atoms with Gasteiger partial charge >= 0.3 is 0 Å². The molecule has 0 spiro atoms. The van der Waals surface area contributed by atoms with Crippen molar-refractivity contribution in [1.82, 2.24) is 0 Å². The average Bonchev–Trinajstić information content (AvgIpc) is 2.73. The van der Waals surface area contributed by atoms with Gasteiger partial charge < -0.3 is 9.64 Å². The molecule has 1 aliphatic rings. The monoisotopic (exact) mass is 357 g/mol. The standard InChI is InChI=1S/C24H23NO2/c26-24(17-23-22-14-8-7-11-20(22)15-16-27-23)25(21-12-5-2-6-13-21)18-19-9-3-1-4-10-19/h1-14,23H,15-18H2. The molecule has 136 valence electrons. The first-order valence-electron chi connectivity index (χ1n) is 9.40. The van der Waals surface area contributed by atoms with Gasteiger partial charge in [0.25, 0.3) is 0 Å². The minimum absolute atomic E-state index is 0.0757. The van der Waals surface area contributed by atoms with Crippen molar-refractivity contribution < 1.29 is 9.53 Å². The third-order valence-electron chi connectivity index (χ3n) is 5.00. The van der Waals surface area contributed by atoms with Gasteiger partial charge in [-0.3, -0.25) is 4.79 Å². The Labute approximate surface area is 160 Å². The molecule has 0 aromatic heterocycles. The van der Waals surface area contributed by atoms with Gasteiger partial charge in [-0.2, -0.15) is 0 Å². The van der Waals surface area contributed by atoms with E-state index in [9.17, 15) is 4.79 Å². The van der Waals surface area contributed by atoms with Crippen molar-refractivity contribution in [3.63, 3.8) is 0 Å². The van der Waals surface area contributed by atoms with Crippen LogP contribution >= 0.6 is 0 Å². The van der Waals surface area contributed by atoms with E-state index in [2.05, 4.69) is 30.3 Å². The van der Waals surface area contributed by atoms with Crippen LogP contribution in [0.5, 0.6) is 0 Å². The molecule has 3 heteroatoms. The number of carbonyl (C=O) groups is 1. The number of rotatable bonds is 5. The lowest BCUT2D eigenvalue weighted by atomic mass is 9.95. The van der Waals surface area contributed by atoms with Crippen molar-refractivity contribution in [2.75, 3.05) is 11.5 Å². The summed E-state index contributed by atoms with van der Waals surface area (Å²) in [6, 6.07) is 28.2. The molecule has 0 fully saturated rings. The molecule has 1 atom stereocenters. The first kappa shape index (κ1) is 17.5. The maximum absolute atomic E-state index is 13.3. The zero-order valence-electron chi connectivity index (χ0n) is 15.3. The number of amides is 1. The van der Waals surface area contributed by atoms with Gasteiger partial charge in [0.2, 0.25) is 5.91 Å². The fourth-order valence-electron chi connectivity index (χ4n) is 3.61. The first-order chi connectivity index (χ1) is 13.3. The molecule has 0 bridgehead atoms. The molecule has 1 unspecified atom stereocenters. The Balaban J connectivity index is 1.58. The Bertz CT molecular complexity index is 893. The van der Waals surface area contributed by atoms with Crippen LogP contribution in [0.3, 0.4) is 0 Å². The highest BCUT2D eigenvalue weighted by molar-refractivity contribution is 5.93. The topological polar surface area (TPSA) is 29.5 Å². The van der Waals surface area contributed by atoms with Gasteiger partial charge in [-0.1, -0.05) is 72.8 Å². The van der Waals surface area contributed by atoms with Crippen molar-refractivity contribution in [1.29, 1.82) is 0 Å². The molecule has 1 heterocycles. The highest BCUT2D eigenvalue weighted by Crippen LogP contribution is 2.31. The Morgan fingerprint density at radius 2 is 1.56 bits per heavy atom. The third kappa shape index (κ3) is 4.09. The van der Waals surface area contributed by atoms with Crippen molar-refractivity contribution in [2.24, 2.45) is 0 Å². The Morgan fingerprint density at radius 1 is 0.889 bits per heavy atom. The molecule has 0 radical (unpaired) electrons. The van der Waals surface area contributed by atoms with Crippen LogP contribution in [0.15, 0.2) is 84.9 Å². The van der Waals surface area contributed by atoms with Crippen LogP contribution in [0.2, 0.25) is 0 Å². The average molecular weight is 357 g/mol. The number of hydrogen-bond donors (Lipinski definition) is 0. The van der Waals surface area contributed by atoms with E-state index in [4.69, 9.17) is 4.74 Å². The summed E-state index contributed by atoms with van der Waals surface area (Å²) in [5.74, 6) is 0.0757. The van der Waals surface area contributed by atoms with E-state index in [1.165, 1.54) is 5.56 Å². The molecule has 27 heavy (non-hydrogen) atoms. The number of hydrogen-bond acceptors (Lipinski definition) is 2. The molecule has 1 aliphatic heterocycles. The number of nitrogens with zero attached hydrogens (tertiary/aromatic N) is 1. The second kappa shape index (κ2) is 8.19. The SMILES string of the molecule is O=C(CC1OCCc2ccccc21)N(Cc1ccccc1)c1ccccc1. The molecule has 0 saturated heterocycles. The van der Waals surface area contributed by atoms with Gasteiger partial charge in [0.15, 0.2) is 0 Å². The van der Waals surface area contributed by atoms with Crippen LogP contribution in [-0.2, 0) is 22.5 Å². The van der Waals surface area contributed by atoms with Crippen LogP contribution in [0.25, 0.3) is 0 Å². The van der Waals surface area contributed by atoms with Gasteiger partial charge in [0, 0.05) is 5.69 Å². The van der Waals surface area contributed by atoms with Crippen LogP contribution < -0.4 is 4.90 Å². The maximum atomic E-state index is 13.3. The molecular weight excluding hydrogens is 334 g/mol. The van der Waals surface area contributed by atoms with E-state index in [0.717, 1.165) is 23.2 Å². The van der Waals surface area contributed by atoms with E-state index >= 15 is 0 Å². The van der Waals surface area contributed by atoms with Gasteiger partial charge in [-0.05, 0) is 35.2 Å². The predicted octanol–water partition coefficient (Wildman–Crippen LogP) is 4.92. The van der Waals surface area contributed by atoms with Gasteiger partial charge in [-0.25, -0.2) is 0 Å². The second-order valence-corrected chi connectivity index (χ2v) is 6.81. The Hall–Kier alpha value is -2.91. The summed E-state index contributed by atoms with van der Waals surface area (Å²) in [6.45, 7) is 1.22. The van der Waals surface area contributed by atoms with Crippen molar-refractivity contribution >= 4 is 11.6 Å². The van der Waals surface area contributed by atoms with Crippen molar-refractivity contribution in [2.45, 2.75) is 25.5 Å². The number of para-hydroxylation sites is 1. The third-order valence-corrected chi connectivity index (χ3v) is 5.00. The number of benzene rings is 3. The highest BCUT2D eigenvalue weighted by atomic mass is 16.5. The summed E-state index contributed by atoms with van der Waals surface area (Å²) in [5.41, 5.74) is 4.45. The van der Waals surface area contributed by atoms with E-state index in [-0.39, 0.29) is 12.0 Å². The van der Waals surface area contributed by atoms with Gasteiger partial charge in [0.05, 0.1) is 25.7 Å². The lowest BCUT2D eigenvalue weighted by Gasteiger charge is -2.29. The summed E-state index contributed by atoms with van der Waals surface area (Å²) in [4.78, 5) is 15.1. The lowest BCUT2D eigenvalue weighted by molar-refractivity contribution is -0.122. The van der Waals surface area contributed by atoms with E-state index in [0.29, 0.717) is 19.6 Å². The van der Waals surface area contributed by atoms with E-state index in [1.807, 2.05) is 59.5 Å². The lowest BCUT2D eigenvalue weighted by Crippen LogP contribution is -2.32. The van der Waals surface area contributed by atoms with Crippen molar-refractivity contribution in [3.05, 3.63) is 102 Å². The molecule has 0 N–H and O–H groups in total. The zero-order valence-corrected chi connectivity index (χ0v) is 15.3. The largest absolute Gasteiger partial charge is 0.373 e. The molecule has 3 aromatic carbocycles. The summed E-state index contributed by atoms with van der Waals surface area (Å²) in [5, 5.41) is 0. The van der Waals surface area contributed by atoms with Crippen LogP contribution in [0, 0.1) is 0 Å². The first-order valence-corrected chi connectivity index (χ1v) is 9.40. The molecule has 0 aliphatic carbocycles. The summed E-state index contributed by atoms with van der Waals surface area (Å²) < 4.78 is 5.96. The number of fused-ring (bicyclic) bond motifs is 1. The van der Waals surface area contributed by atoms with Gasteiger partial charge in [-0.15, -0.1) is 0 Å².